The van der Waals surface area contributed by atoms with E-state index in [0.29, 0.717) is 0 Å². The predicted octanol–water partition coefficient (Wildman–Crippen LogP) is 6.31. The standard InChI is InChI=1S/C22H19N3O/c1-13-3-5-18-19(10-13)21(8-7-20(18)23)25-24-16-4-6-17-15(12-16)9-14(2)11-22(17)26/h3-12,26H,23H2,1-2H3. The number of fused-ring (bicyclic) bond motifs is 2. The highest BCUT2D eigenvalue weighted by molar-refractivity contribution is 6.00. The smallest absolute Gasteiger partial charge is 0.123 e. The van der Waals surface area contributed by atoms with E-state index >= 15 is 0 Å². The fraction of sp³-hybridized carbons (Fsp3) is 0.0909. The number of anilines is 1. The van der Waals surface area contributed by atoms with Crippen molar-refractivity contribution in [2.75, 3.05) is 5.73 Å². The van der Waals surface area contributed by atoms with Gasteiger partial charge in [-0.3, -0.25) is 0 Å². The lowest BCUT2D eigenvalue weighted by molar-refractivity contribution is 0.481. The number of nitrogens with two attached hydrogens (primary N) is 1. The second-order valence-corrected chi connectivity index (χ2v) is 6.61. The number of aryl methyl sites for hydroxylation is 2. The van der Waals surface area contributed by atoms with E-state index in [1.807, 2.05) is 62.4 Å². The fourth-order valence-corrected chi connectivity index (χ4v) is 3.21. The average molecular weight is 341 g/mol. The van der Waals surface area contributed by atoms with E-state index in [2.05, 4.69) is 16.3 Å². The Morgan fingerprint density at radius 3 is 2.38 bits per heavy atom. The molecular weight excluding hydrogens is 322 g/mol. The first-order valence-electron chi connectivity index (χ1n) is 8.45. The second kappa shape index (κ2) is 6.15. The number of nitrogen functional groups attached to an aromatic ring is 1. The summed E-state index contributed by atoms with van der Waals surface area (Å²) in [5.74, 6) is 0.281. The van der Waals surface area contributed by atoms with Crippen LogP contribution in [-0.4, -0.2) is 5.11 Å². The van der Waals surface area contributed by atoms with Gasteiger partial charge in [-0.15, -0.1) is 5.11 Å². The molecule has 4 heteroatoms. The minimum Gasteiger partial charge on any atom is -0.507 e. The maximum Gasteiger partial charge on any atom is 0.123 e. The lowest BCUT2D eigenvalue weighted by Gasteiger charge is -2.06. The van der Waals surface area contributed by atoms with E-state index in [-0.39, 0.29) is 5.75 Å². The molecule has 4 aromatic rings. The Morgan fingerprint density at radius 1 is 0.731 bits per heavy atom. The molecule has 3 N–H and O–H groups in total. The van der Waals surface area contributed by atoms with Gasteiger partial charge in [0.15, 0.2) is 0 Å². The molecule has 4 aromatic carbocycles. The molecule has 0 spiro atoms. The van der Waals surface area contributed by atoms with Crippen molar-refractivity contribution in [3.63, 3.8) is 0 Å². The zero-order valence-corrected chi connectivity index (χ0v) is 14.7. The normalized spacial score (nSPS) is 11.6. The molecule has 0 saturated carbocycles. The number of rotatable bonds is 2. The third-order valence-electron chi connectivity index (χ3n) is 4.51. The maximum atomic E-state index is 10.1. The molecule has 0 bridgehead atoms. The molecule has 0 aliphatic heterocycles. The molecule has 4 nitrogen and oxygen atoms in total. The van der Waals surface area contributed by atoms with Gasteiger partial charge < -0.3 is 10.8 Å². The highest BCUT2D eigenvalue weighted by Crippen LogP contribution is 2.33. The van der Waals surface area contributed by atoms with E-state index in [9.17, 15) is 5.11 Å². The zero-order valence-electron chi connectivity index (χ0n) is 14.7. The molecular formula is C22H19N3O. The first-order chi connectivity index (χ1) is 12.5. The Bertz CT molecular complexity index is 1180. The van der Waals surface area contributed by atoms with E-state index in [1.54, 1.807) is 6.07 Å². The molecule has 0 radical (unpaired) electrons. The molecule has 0 saturated heterocycles. The molecule has 0 atom stereocenters. The lowest BCUT2D eigenvalue weighted by atomic mass is 10.0. The van der Waals surface area contributed by atoms with E-state index < -0.39 is 0 Å². The van der Waals surface area contributed by atoms with Crippen molar-refractivity contribution in [2.45, 2.75) is 13.8 Å². The van der Waals surface area contributed by atoms with Crippen LogP contribution in [0.2, 0.25) is 0 Å². The Labute approximate surface area is 151 Å². The predicted molar refractivity (Wildman–Crippen MR) is 108 cm³/mol. The van der Waals surface area contributed by atoms with Crippen molar-refractivity contribution in [1.82, 2.24) is 0 Å². The molecule has 0 unspecified atom stereocenters. The summed E-state index contributed by atoms with van der Waals surface area (Å²) in [5, 5.41) is 22.6. The fourth-order valence-electron chi connectivity index (χ4n) is 3.21. The van der Waals surface area contributed by atoms with Crippen LogP contribution in [0.1, 0.15) is 11.1 Å². The van der Waals surface area contributed by atoms with Gasteiger partial charge in [0, 0.05) is 21.8 Å². The number of azo groups is 1. The minimum absolute atomic E-state index is 0.281. The summed E-state index contributed by atoms with van der Waals surface area (Å²) in [4.78, 5) is 0. The summed E-state index contributed by atoms with van der Waals surface area (Å²) in [7, 11) is 0. The quantitative estimate of drug-likeness (QED) is 0.331. The van der Waals surface area contributed by atoms with Gasteiger partial charge >= 0.3 is 0 Å². The Kier molecular flexibility index (Phi) is 3.81. The van der Waals surface area contributed by atoms with Crippen LogP contribution in [0, 0.1) is 13.8 Å². The molecule has 0 amide bonds. The van der Waals surface area contributed by atoms with Crippen LogP contribution in [0.15, 0.2) is 70.9 Å². The van der Waals surface area contributed by atoms with Crippen LogP contribution in [-0.2, 0) is 0 Å². The number of phenols is 1. The van der Waals surface area contributed by atoms with E-state index in [4.69, 9.17) is 5.73 Å². The molecule has 0 aliphatic carbocycles. The first kappa shape index (κ1) is 16.1. The zero-order chi connectivity index (χ0) is 18.3. The highest BCUT2D eigenvalue weighted by Gasteiger charge is 2.05. The van der Waals surface area contributed by atoms with E-state index in [0.717, 1.165) is 49.7 Å². The van der Waals surface area contributed by atoms with Gasteiger partial charge in [0.25, 0.3) is 0 Å². The Morgan fingerprint density at radius 2 is 1.54 bits per heavy atom. The number of hydrogen-bond acceptors (Lipinski definition) is 4. The van der Waals surface area contributed by atoms with Crippen LogP contribution in [0.25, 0.3) is 21.5 Å². The topological polar surface area (TPSA) is 71.0 Å². The van der Waals surface area contributed by atoms with Crippen molar-refractivity contribution in [3.8, 4) is 5.75 Å². The minimum atomic E-state index is 0.281. The largest absolute Gasteiger partial charge is 0.507 e. The van der Waals surface area contributed by atoms with Gasteiger partial charge in [0.1, 0.15) is 5.75 Å². The third kappa shape index (κ3) is 2.86. The Balaban J connectivity index is 1.79. The molecule has 0 heterocycles. The van der Waals surface area contributed by atoms with Crippen LogP contribution in [0.3, 0.4) is 0 Å². The van der Waals surface area contributed by atoms with Gasteiger partial charge in [-0.1, -0.05) is 23.8 Å². The van der Waals surface area contributed by atoms with Gasteiger partial charge in [0.2, 0.25) is 0 Å². The molecule has 4 rings (SSSR count). The summed E-state index contributed by atoms with van der Waals surface area (Å²) in [6, 6.07) is 19.3. The summed E-state index contributed by atoms with van der Waals surface area (Å²) >= 11 is 0. The van der Waals surface area contributed by atoms with Crippen molar-refractivity contribution in [2.24, 2.45) is 10.2 Å². The van der Waals surface area contributed by atoms with Crippen LogP contribution < -0.4 is 5.73 Å². The second-order valence-electron chi connectivity index (χ2n) is 6.61. The van der Waals surface area contributed by atoms with Gasteiger partial charge in [-0.05, 0) is 67.3 Å². The van der Waals surface area contributed by atoms with E-state index in [1.165, 1.54) is 0 Å². The van der Waals surface area contributed by atoms with Gasteiger partial charge in [-0.2, -0.15) is 5.11 Å². The SMILES string of the molecule is Cc1cc(O)c2ccc(N=Nc3ccc(N)c4ccc(C)cc34)cc2c1. The van der Waals surface area contributed by atoms with Crippen molar-refractivity contribution < 1.29 is 5.11 Å². The van der Waals surface area contributed by atoms with Gasteiger partial charge in [-0.25, -0.2) is 0 Å². The van der Waals surface area contributed by atoms with Crippen molar-refractivity contribution >= 4 is 38.6 Å². The summed E-state index contributed by atoms with van der Waals surface area (Å²) in [6.45, 7) is 4.00. The first-order valence-corrected chi connectivity index (χ1v) is 8.45. The summed E-state index contributed by atoms with van der Waals surface area (Å²) in [6.07, 6.45) is 0. The number of nitrogens with zero attached hydrogens (tertiary/aromatic N) is 2. The molecule has 0 aromatic heterocycles. The number of aromatic hydroxyl groups is 1. The number of hydrogen-bond donors (Lipinski definition) is 2. The van der Waals surface area contributed by atoms with Crippen molar-refractivity contribution in [3.05, 3.63) is 71.8 Å². The monoisotopic (exact) mass is 341 g/mol. The summed E-state index contributed by atoms with van der Waals surface area (Å²) < 4.78 is 0. The van der Waals surface area contributed by atoms with Crippen LogP contribution in [0.4, 0.5) is 17.1 Å². The molecule has 26 heavy (non-hydrogen) atoms. The van der Waals surface area contributed by atoms with Gasteiger partial charge in [0.05, 0.1) is 11.4 Å². The Hall–Kier alpha value is -3.40. The van der Waals surface area contributed by atoms with Crippen LogP contribution in [0.5, 0.6) is 5.75 Å². The highest BCUT2D eigenvalue weighted by atomic mass is 16.3. The van der Waals surface area contributed by atoms with Crippen molar-refractivity contribution in [1.29, 1.82) is 0 Å². The third-order valence-corrected chi connectivity index (χ3v) is 4.51. The number of phenolic OH excluding ortho intramolecular Hbond substituents is 1. The molecule has 128 valence electrons. The average Bonchev–Trinajstić information content (AvgIpc) is 2.60. The molecule has 0 fully saturated rings. The number of benzene rings is 4. The van der Waals surface area contributed by atoms with Crippen LogP contribution >= 0.6 is 0 Å². The maximum absolute atomic E-state index is 10.1. The lowest BCUT2D eigenvalue weighted by Crippen LogP contribution is -1.87. The summed E-state index contributed by atoms with van der Waals surface area (Å²) in [5.41, 5.74) is 10.5. The molecule has 0 aliphatic rings.